The molecule has 0 saturated carbocycles. The van der Waals surface area contributed by atoms with Crippen LogP contribution in [-0.4, -0.2) is 15.8 Å². The molecule has 5 rings (SSSR count). The predicted octanol–water partition coefficient (Wildman–Crippen LogP) is 7.33. The first kappa shape index (κ1) is 22.7. The lowest BCUT2D eigenvalue weighted by atomic mass is 9.97. The molecule has 0 spiro atoms. The number of carbonyl (C=O) groups is 1. The molecule has 0 atom stereocenters. The number of carbonyl (C=O) groups excluding carboxylic acids is 1. The van der Waals surface area contributed by atoms with E-state index in [1.165, 1.54) is 12.1 Å². The van der Waals surface area contributed by atoms with Crippen molar-refractivity contribution in [1.82, 2.24) is 4.98 Å². The molecule has 0 aliphatic carbocycles. The molecule has 7 heteroatoms. The average molecular weight is 571 g/mol. The summed E-state index contributed by atoms with van der Waals surface area (Å²) in [7, 11) is 0. The number of pyridine rings is 1. The Kier molecular flexibility index (Phi) is 6.24. The highest BCUT2D eigenvalue weighted by atomic mass is 127. The number of benzene rings is 4. The number of anilines is 1. The third kappa shape index (κ3) is 4.90. The van der Waals surface area contributed by atoms with Gasteiger partial charge in [-0.3, -0.25) is 14.9 Å². The van der Waals surface area contributed by atoms with Gasteiger partial charge in [0.2, 0.25) is 0 Å². The maximum atomic E-state index is 13.0. The molecule has 0 fully saturated rings. The zero-order valence-electron chi connectivity index (χ0n) is 18.3. The van der Waals surface area contributed by atoms with Crippen LogP contribution in [0.15, 0.2) is 103 Å². The number of hydrogen-bond donors (Lipinski definition) is 1. The van der Waals surface area contributed by atoms with Crippen molar-refractivity contribution < 1.29 is 9.72 Å². The zero-order chi connectivity index (χ0) is 24.4. The van der Waals surface area contributed by atoms with Crippen molar-refractivity contribution in [1.29, 1.82) is 0 Å². The van der Waals surface area contributed by atoms with Gasteiger partial charge in [0.15, 0.2) is 0 Å². The lowest BCUT2D eigenvalue weighted by molar-refractivity contribution is -0.384. The maximum absolute atomic E-state index is 13.0. The lowest BCUT2D eigenvalue weighted by Crippen LogP contribution is -2.11. The van der Waals surface area contributed by atoms with E-state index in [-0.39, 0.29) is 11.6 Å². The summed E-state index contributed by atoms with van der Waals surface area (Å²) >= 11 is 2.22. The number of non-ortho nitro benzene ring substituents is 1. The molecule has 170 valence electrons. The Bertz CT molecular complexity index is 1550. The highest BCUT2D eigenvalue weighted by molar-refractivity contribution is 14.1. The summed E-state index contributed by atoms with van der Waals surface area (Å²) in [6.45, 7) is 0. The highest BCUT2D eigenvalue weighted by Crippen LogP contribution is 2.33. The second kappa shape index (κ2) is 9.63. The summed E-state index contributed by atoms with van der Waals surface area (Å²) in [6.07, 6.45) is 0. The Hall–Kier alpha value is -4.11. The molecule has 0 aliphatic rings. The zero-order valence-corrected chi connectivity index (χ0v) is 20.5. The van der Waals surface area contributed by atoms with Gasteiger partial charge in [-0.05, 0) is 94.4 Å². The molecule has 0 unspecified atom stereocenters. The smallest absolute Gasteiger partial charge is 0.269 e. The second-order valence-electron chi connectivity index (χ2n) is 7.92. The number of rotatable bonds is 5. The van der Waals surface area contributed by atoms with E-state index in [1.807, 2.05) is 72.8 Å². The van der Waals surface area contributed by atoms with Crippen molar-refractivity contribution in [3.63, 3.8) is 0 Å². The Labute approximate surface area is 214 Å². The van der Waals surface area contributed by atoms with Gasteiger partial charge >= 0.3 is 0 Å². The van der Waals surface area contributed by atoms with Crippen molar-refractivity contribution in [3.05, 3.63) is 122 Å². The summed E-state index contributed by atoms with van der Waals surface area (Å²) in [5.41, 5.74) is 5.39. The monoisotopic (exact) mass is 571 g/mol. The van der Waals surface area contributed by atoms with Gasteiger partial charge in [-0.25, -0.2) is 4.98 Å². The molecule has 1 heterocycles. The SMILES string of the molecule is O=C(Nc1ccc(I)cc1)c1ccc2nc(-c3ccc([N+](=O)[O-])cc3)cc(-c3ccccc3)c2c1. The van der Waals surface area contributed by atoms with Gasteiger partial charge < -0.3 is 5.32 Å². The van der Waals surface area contributed by atoms with Gasteiger partial charge in [-0.1, -0.05) is 30.3 Å². The van der Waals surface area contributed by atoms with Crippen molar-refractivity contribution >= 4 is 50.8 Å². The third-order valence-corrected chi connectivity index (χ3v) is 6.35. The Morgan fingerprint density at radius 3 is 2.23 bits per heavy atom. The molecular weight excluding hydrogens is 553 g/mol. The van der Waals surface area contributed by atoms with Crippen LogP contribution in [0.5, 0.6) is 0 Å². The molecule has 35 heavy (non-hydrogen) atoms. The van der Waals surface area contributed by atoms with Gasteiger partial charge in [-0.2, -0.15) is 0 Å². The minimum Gasteiger partial charge on any atom is -0.322 e. The fourth-order valence-corrected chi connectivity index (χ4v) is 4.22. The van der Waals surface area contributed by atoms with Gasteiger partial charge in [0.25, 0.3) is 11.6 Å². The Morgan fingerprint density at radius 2 is 1.54 bits per heavy atom. The highest BCUT2D eigenvalue weighted by Gasteiger charge is 2.14. The molecular formula is C28H18IN3O3. The molecule has 1 N–H and O–H groups in total. The van der Waals surface area contributed by atoms with Crippen LogP contribution < -0.4 is 5.32 Å². The molecule has 0 radical (unpaired) electrons. The Morgan fingerprint density at radius 1 is 0.829 bits per heavy atom. The summed E-state index contributed by atoms with van der Waals surface area (Å²) in [4.78, 5) is 28.4. The Balaban J connectivity index is 1.59. The quantitative estimate of drug-likeness (QED) is 0.136. The minimum atomic E-state index is -0.421. The molecule has 0 aliphatic heterocycles. The standard InChI is InChI=1S/C28H18IN3O3/c29-21-9-11-22(12-10-21)30-28(33)20-8-15-26-25(16-20)24(18-4-2-1-3-5-18)17-27(31-26)19-6-13-23(14-7-19)32(34)35/h1-17H,(H,30,33). The number of nitrogens with one attached hydrogen (secondary N) is 1. The van der Waals surface area contributed by atoms with Crippen molar-refractivity contribution in [2.45, 2.75) is 0 Å². The molecule has 1 amide bonds. The number of nitro groups is 1. The number of fused-ring (bicyclic) bond motifs is 1. The molecule has 1 aromatic heterocycles. The van der Waals surface area contributed by atoms with Crippen LogP contribution in [0.4, 0.5) is 11.4 Å². The van der Waals surface area contributed by atoms with E-state index < -0.39 is 4.92 Å². The van der Waals surface area contributed by atoms with Crippen LogP contribution in [0, 0.1) is 13.7 Å². The number of hydrogen-bond acceptors (Lipinski definition) is 4. The van der Waals surface area contributed by atoms with Gasteiger partial charge in [0, 0.05) is 37.9 Å². The molecule has 0 saturated heterocycles. The largest absolute Gasteiger partial charge is 0.322 e. The van der Waals surface area contributed by atoms with Gasteiger partial charge in [0.05, 0.1) is 16.1 Å². The van der Waals surface area contributed by atoms with Gasteiger partial charge in [-0.15, -0.1) is 0 Å². The number of nitro benzene ring substituents is 1. The third-order valence-electron chi connectivity index (χ3n) is 5.63. The molecule has 4 aromatic carbocycles. The summed E-state index contributed by atoms with van der Waals surface area (Å²) in [6, 6.07) is 31.2. The van der Waals surface area contributed by atoms with Crippen molar-refractivity contribution in [2.75, 3.05) is 5.32 Å². The number of halogens is 1. The predicted molar refractivity (Wildman–Crippen MR) is 146 cm³/mol. The van der Waals surface area contributed by atoms with Crippen LogP contribution >= 0.6 is 22.6 Å². The fraction of sp³-hybridized carbons (Fsp3) is 0. The summed E-state index contributed by atoms with van der Waals surface area (Å²) in [5.74, 6) is -0.202. The van der Waals surface area contributed by atoms with Crippen LogP contribution in [-0.2, 0) is 0 Å². The van der Waals surface area contributed by atoms with E-state index >= 15 is 0 Å². The normalized spacial score (nSPS) is 10.8. The maximum Gasteiger partial charge on any atom is 0.269 e. The summed E-state index contributed by atoms with van der Waals surface area (Å²) < 4.78 is 1.09. The van der Waals surface area contributed by atoms with E-state index in [0.717, 1.165) is 36.9 Å². The average Bonchev–Trinajstić information content (AvgIpc) is 2.89. The van der Waals surface area contributed by atoms with Crippen molar-refractivity contribution in [3.8, 4) is 22.4 Å². The van der Waals surface area contributed by atoms with Crippen molar-refractivity contribution in [2.24, 2.45) is 0 Å². The van der Waals surface area contributed by atoms with E-state index in [4.69, 9.17) is 4.98 Å². The first-order valence-corrected chi connectivity index (χ1v) is 11.9. The molecule has 0 bridgehead atoms. The fourth-order valence-electron chi connectivity index (χ4n) is 3.86. The number of amides is 1. The lowest BCUT2D eigenvalue weighted by Gasteiger charge is -2.12. The first-order chi connectivity index (χ1) is 17.0. The van der Waals surface area contributed by atoms with E-state index in [9.17, 15) is 14.9 Å². The molecule has 5 aromatic rings. The van der Waals surface area contributed by atoms with Gasteiger partial charge in [0.1, 0.15) is 0 Å². The van der Waals surface area contributed by atoms with Crippen LogP contribution in [0.1, 0.15) is 10.4 Å². The van der Waals surface area contributed by atoms with E-state index in [0.29, 0.717) is 11.3 Å². The first-order valence-electron chi connectivity index (χ1n) is 10.8. The van der Waals surface area contributed by atoms with E-state index in [2.05, 4.69) is 27.9 Å². The van der Waals surface area contributed by atoms with Crippen LogP contribution in [0.25, 0.3) is 33.3 Å². The number of aromatic nitrogens is 1. The second-order valence-corrected chi connectivity index (χ2v) is 9.16. The van der Waals surface area contributed by atoms with Crippen LogP contribution in [0.3, 0.4) is 0 Å². The summed E-state index contributed by atoms with van der Waals surface area (Å²) in [5, 5.41) is 14.8. The minimum absolute atomic E-state index is 0.0293. The van der Waals surface area contributed by atoms with E-state index in [1.54, 1.807) is 18.2 Å². The molecule has 6 nitrogen and oxygen atoms in total. The van der Waals surface area contributed by atoms with Crippen LogP contribution in [0.2, 0.25) is 0 Å². The topological polar surface area (TPSA) is 85.1 Å². The number of nitrogens with zero attached hydrogens (tertiary/aromatic N) is 2.